The summed E-state index contributed by atoms with van der Waals surface area (Å²) in [6, 6.07) is 0. The number of thioether (sulfide) groups is 2. The van der Waals surface area contributed by atoms with Crippen molar-refractivity contribution in [1.82, 2.24) is 10.2 Å². The van der Waals surface area contributed by atoms with Crippen LogP contribution in [-0.2, 0) is 28.7 Å². The normalized spacial score (nSPS) is 24.4. The smallest absolute Gasteiger partial charge is 0.442 e. The van der Waals surface area contributed by atoms with Crippen molar-refractivity contribution in [3.8, 4) is 0 Å². The molecule has 0 aromatic heterocycles. The van der Waals surface area contributed by atoms with Gasteiger partial charge in [0.1, 0.15) is 17.7 Å². The average molecular weight is 444 g/mol. The zero-order chi connectivity index (χ0) is 21.3. The van der Waals surface area contributed by atoms with Gasteiger partial charge in [-0.15, -0.1) is 11.8 Å². The summed E-state index contributed by atoms with van der Waals surface area (Å²) < 4.78 is 46.6. The van der Waals surface area contributed by atoms with Gasteiger partial charge in [-0.2, -0.15) is 13.2 Å². The minimum atomic E-state index is -4.63. The topological polar surface area (TPSA) is 122 Å². The molecule has 0 radical (unpaired) electrons. The monoisotopic (exact) mass is 444 g/mol. The van der Waals surface area contributed by atoms with Gasteiger partial charge in [-0.3, -0.25) is 19.3 Å². The third-order valence-electron chi connectivity index (χ3n) is 3.78. The lowest BCUT2D eigenvalue weighted by Gasteiger charge is -2.55. The first kappa shape index (κ1) is 22.4. The maximum atomic E-state index is 12.6. The zero-order valence-electron chi connectivity index (χ0n) is 14.5. The lowest BCUT2D eigenvalue weighted by atomic mass is 9.98. The van der Waals surface area contributed by atoms with Crippen LogP contribution < -0.4 is 5.32 Å². The van der Waals surface area contributed by atoms with Crippen LogP contribution in [0.2, 0.25) is 0 Å². The van der Waals surface area contributed by atoms with Crippen molar-refractivity contribution < 1.29 is 46.9 Å². The number of carboxylic acids is 1. The number of hydrogen-bond acceptors (Lipinski definition) is 8. The Morgan fingerprint density at radius 2 is 2.07 bits per heavy atom. The molecule has 28 heavy (non-hydrogen) atoms. The van der Waals surface area contributed by atoms with E-state index in [1.165, 1.54) is 0 Å². The standard InChI is InChI=1S/C14H15F3N2O7S2/c1-6(20)26-3-7-4-27-12-13(25-2,11(24)19(12)9(7)10(22)23)18-8(21)5-28-14(15,16)17/h12H,3-5H2,1-2H3,(H,18,21)(H,22,23)/t12-,13+/m1/s1. The Morgan fingerprint density at radius 3 is 2.57 bits per heavy atom. The summed E-state index contributed by atoms with van der Waals surface area (Å²) in [5, 5.41) is 10.6. The fraction of sp³-hybridized carbons (Fsp3) is 0.571. The van der Waals surface area contributed by atoms with E-state index in [0.717, 1.165) is 30.7 Å². The van der Waals surface area contributed by atoms with Gasteiger partial charge >= 0.3 is 17.4 Å². The fourth-order valence-electron chi connectivity index (χ4n) is 2.63. The maximum Gasteiger partial charge on any atom is 0.442 e. The van der Waals surface area contributed by atoms with Gasteiger partial charge in [-0.05, 0) is 11.8 Å². The summed E-state index contributed by atoms with van der Waals surface area (Å²) in [4.78, 5) is 47.9. The van der Waals surface area contributed by atoms with Crippen LogP contribution in [0, 0.1) is 0 Å². The van der Waals surface area contributed by atoms with Crippen molar-refractivity contribution >= 4 is 47.3 Å². The van der Waals surface area contributed by atoms with Crippen LogP contribution in [0.15, 0.2) is 11.3 Å². The number of halogens is 3. The quantitative estimate of drug-likeness (QED) is 0.329. The van der Waals surface area contributed by atoms with Crippen molar-refractivity contribution in [3.63, 3.8) is 0 Å². The number of esters is 1. The molecule has 1 saturated heterocycles. The lowest BCUT2D eigenvalue weighted by Crippen LogP contribution is -2.80. The molecular weight excluding hydrogens is 429 g/mol. The van der Waals surface area contributed by atoms with Crippen LogP contribution in [0.4, 0.5) is 13.2 Å². The molecule has 0 bridgehead atoms. The number of hydrogen-bond donors (Lipinski definition) is 2. The average Bonchev–Trinajstić information content (AvgIpc) is 2.60. The lowest BCUT2D eigenvalue weighted by molar-refractivity contribution is -0.192. The summed E-state index contributed by atoms with van der Waals surface area (Å²) >= 11 is 0.441. The van der Waals surface area contributed by atoms with Crippen molar-refractivity contribution in [1.29, 1.82) is 0 Å². The predicted molar refractivity (Wildman–Crippen MR) is 90.8 cm³/mol. The number of carboxylic acid groups (broad SMARTS) is 1. The first-order valence-electron chi connectivity index (χ1n) is 7.53. The van der Waals surface area contributed by atoms with Gasteiger partial charge in [0.2, 0.25) is 5.91 Å². The van der Waals surface area contributed by atoms with E-state index in [9.17, 15) is 37.5 Å². The highest BCUT2D eigenvalue weighted by Crippen LogP contribution is 2.46. The van der Waals surface area contributed by atoms with Gasteiger partial charge < -0.3 is 19.9 Å². The molecule has 0 unspecified atom stereocenters. The summed E-state index contributed by atoms with van der Waals surface area (Å²) in [6.07, 6.45) is 0. The summed E-state index contributed by atoms with van der Waals surface area (Å²) in [6.45, 7) is 0.800. The number of β-lactam (4-membered cyclic amide) rings is 1. The second kappa shape index (κ2) is 8.21. The second-order valence-electron chi connectivity index (χ2n) is 5.60. The van der Waals surface area contributed by atoms with Crippen LogP contribution in [0.25, 0.3) is 0 Å². The molecule has 2 amide bonds. The van der Waals surface area contributed by atoms with Crippen molar-refractivity contribution in [2.75, 3.05) is 25.2 Å². The molecule has 1 fully saturated rings. The Hall–Kier alpha value is -1.93. The fourth-order valence-corrected chi connectivity index (χ4v) is 4.42. The molecule has 2 atom stereocenters. The van der Waals surface area contributed by atoms with Crippen LogP contribution in [0.5, 0.6) is 0 Å². The molecular formula is C14H15F3N2O7S2. The number of methoxy groups -OCH3 is 1. The van der Waals surface area contributed by atoms with Crippen LogP contribution >= 0.6 is 23.5 Å². The van der Waals surface area contributed by atoms with Gasteiger partial charge in [-0.1, -0.05) is 0 Å². The Labute approximate surface area is 165 Å². The van der Waals surface area contributed by atoms with E-state index in [-0.39, 0.29) is 17.9 Å². The number of alkyl halides is 3. The van der Waals surface area contributed by atoms with E-state index < -0.39 is 63.6 Å². The number of nitrogens with zero attached hydrogens (tertiary/aromatic N) is 1. The van der Waals surface area contributed by atoms with Gasteiger partial charge in [0.05, 0.1) is 5.75 Å². The van der Waals surface area contributed by atoms with E-state index >= 15 is 0 Å². The summed E-state index contributed by atoms with van der Waals surface area (Å²) in [7, 11) is 1.07. The number of ether oxygens (including phenoxy) is 2. The van der Waals surface area contributed by atoms with E-state index in [1.54, 1.807) is 0 Å². The predicted octanol–water partition coefficient (Wildman–Crippen LogP) is 0.515. The first-order chi connectivity index (χ1) is 12.9. The van der Waals surface area contributed by atoms with Crippen LogP contribution in [-0.4, -0.2) is 75.6 Å². The highest BCUT2D eigenvalue weighted by molar-refractivity contribution is 8.00. The maximum absolute atomic E-state index is 12.6. The minimum Gasteiger partial charge on any atom is -0.477 e. The molecule has 0 aromatic carbocycles. The Balaban J connectivity index is 2.21. The summed E-state index contributed by atoms with van der Waals surface area (Å²) in [5.74, 6) is -5.08. The van der Waals surface area contributed by atoms with E-state index in [1.807, 2.05) is 0 Å². The number of carbonyl (C=O) groups excluding carboxylic acids is 3. The molecule has 2 N–H and O–H groups in total. The molecule has 2 heterocycles. The number of fused-ring (bicyclic) bond motifs is 1. The van der Waals surface area contributed by atoms with Crippen molar-refractivity contribution in [2.24, 2.45) is 0 Å². The Kier molecular flexibility index (Phi) is 6.55. The molecule has 0 aliphatic carbocycles. The SMILES string of the molecule is CO[C@@]1(NC(=O)CSC(F)(F)F)C(=O)N2C(C(=O)O)=C(COC(C)=O)CS[C@@H]21. The Bertz CT molecular complexity index is 743. The Morgan fingerprint density at radius 1 is 1.43 bits per heavy atom. The minimum absolute atomic E-state index is 0.0433. The molecule has 9 nitrogen and oxygen atoms in total. The molecule has 14 heteroatoms. The van der Waals surface area contributed by atoms with Gasteiger partial charge in [-0.25, -0.2) is 4.79 Å². The van der Waals surface area contributed by atoms with E-state index in [4.69, 9.17) is 9.47 Å². The van der Waals surface area contributed by atoms with Gasteiger partial charge in [0.25, 0.3) is 11.6 Å². The van der Waals surface area contributed by atoms with E-state index in [2.05, 4.69) is 5.32 Å². The van der Waals surface area contributed by atoms with Gasteiger partial charge in [0, 0.05) is 25.4 Å². The second-order valence-corrected chi connectivity index (χ2v) is 7.71. The molecule has 0 aromatic rings. The number of rotatable bonds is 7. The molecule has 2 aliphatic heterocycles. The van der Waals surface area contributed by atoms with Crippen LogP contribution in [0.3, 0.4) is 0 Å². The number of carbonyl (C=O) groups is 4. The molecule has 2 aliphatic rings. The largest absolute Gasteiger partial charge is 0.477 e. The third kappa shape index (κ3) is 4.38. The number of aliphatic carboxylic acids is 1. The number of amides is 2. The van der Waals surface area contributed by atoms with Crippen LogP contribution in [0.1, 0.15) is 6.92 Å². The molecule has 0 saturated carbocycles. The number of nitrogens with one attached hydrogen (secondary N) is 1. The highest BCUT2D eigenvalue weighted by atomic mass is 32.2. The molecule has 156 valence electrons. The highest BCUT2D eigenvalue weighted by Gasteiger charge is 2.66. The molecule has 2 rings (SSSR count). The van der Waals surface area contributed by atoms with E-state index in [0.29, 0.717) is 0 Å². The van der Waals surface area contributed by atoms with Crippen molar-refractivity contribution in [3.05, 3.63) is 11.3 Å². The zero-order valence-corrected chi connectivity index (χ0v) is 16.1. The third-order valence-corrected chi connectivity index (χ3v) is 5.88. The van der Waals surface area contributed by atoms with Gasteiger partial charge in [0.15, 0.2) is 0 Å². The van der Waals surface area contributed by atoms with Crippen molar-refractivity contribution in [2.45, 2.75) is 23.5 Å². The molecule has 0 spiro atoms. The first-order valence-corrected chi connectivity index (χ1v) is 9.57. The summed E-state index contributed by atoms with van der Waals surface area (Å²) in [5.41, 5.74) is -6.86.